The number of rotatable bonds is 4. The summed E-state index contributed by atoms with van der Waals surface area (Å²) in [4.78, 5) is 10.3. The van der Waals surface area contributed by atoms with Gasteiger partial charge in [0.25, 0.3) is 0 Å². The van der Waals surface area contributed by atoms with Crippen LogP contribution in [0.25, 0.3) is 0 Å². The maximum atomic E-state index is 10.3. The second kappa shape index (κ2) is 7.28. The van der Waals surface area contributed by atoms with Crippen molar-refractivity contribution < 1.29 is 4.79 Å². The summed E-state index contributed by atoms with van der Waals surface area (Å²) in [5.41, 5.74) is 4.35. The minimum atomic E-state index is 0.0901. The Morgan fingerprint density at radius 2 is 1.79 bits per heavy atom. The number of hydrogen-bond donors (Lipinski definition) is 0. The van der Waals surface area contributed by atoms with E-state index < -0.39 is 0 Å². The van der Waals surface area contributed by atoms with Crippen molar-refractivity contribution in [3.05, 3.63) is 47.1 Å². The Morgan fingerprint density at radius 1 is 1.11 bits per heavy atom. The molecule has 0 aliphatic heterocycles. The molecule has 0 aromatic rings. The van der Waals surface area contributed by atoms with Crippen molar-refractivity contribution in [1.82, 2.24) is 0 Å². The van der Waals surface area contributed by atoms with Gasteiger partial charge in [-0.15, -0.1) is 0 Å². The molecule has 0 fully saturated rings. The fourth-order valence-electron chi connectivity index (χ4n) is 2.26. The van der Waals surface area contributed by atoms with E-state index in [0.29, 0.717) is 0 Å². The standard InChI is InChI=1S/C18H26O/c1-15-9-5-6-10-16(15)12-13-17(18(2,3)4)11-7-8-14-19/h7-8,11-14H,5-6,9-10H2,1-4H3. The van der Waals surface area contributed by atoms with Crippen LogP contribution in [-0.4, -0.2) is 6.29 Å². The third-order valence-electron chi connectivity index (χ3n) is 3.59. The zero-order valence-electron chi connectivity index (χ0n) is 12.7. The highest BCUT2D eigenvalue weighted by atomic mass is 16.1. The molecule has 1 aliphatic carbocycles. The second-order valence-corrected chi connectivity index (χ2v) is 6.24. The Balaban J connectivity index is 2.92. The number of allylic oxidation sites excluding steroid dienone is 8. The molecule has 0 aromatic carbocycles. The van der Waals surface area contributed by atoms with Gasteiger partial charge in [0.05, 0.1) is 0 Å². The zero-order valence-corrected chi connectivity index (χ0v) is 12.7. The Hall–Kier alpha value is -1.37. The summed E-state index contributed by atoms with van der Waals surface area (Å²) in [5.74, 6) is 0. The van der Waals surface area contributed by atoms with Crippen LogP contribution in [0.1, 0.15) is 53.4 Å². The lowest BCUT2D eigenvalue weighted by Crippen LogP contribution is -2.07. The van der Waals surface area contributed by atoms with E-state index in [-0.39, 0.29) is 5.41 Å². The van der Waals surface area contributed by atoms with Crippen molar-refractivity contribution in [3.63, 3.8) is 0 Å². The van der Waals surface area contributed by atoms with Gasteiger partial charge in [0.15, 0.2) is 0 Å². The largest absolute Gasteiger partial charge is 0.299 e. The molecule has 0 aromatic heterocycles. The molecule has 0 bridgehead atoms. The number of carbonyl (C=O) groups excluding carboxylic acids is 1. The number of aldehydes is 1. The van der Waals surface area contributed by atoms with Crippen LogP contribution in [0.15, 0.2) is 47.1 Å². The Kier molecular flexibility index (Phi) is 6.01. The summed E-state index contributed by atoms with van der Waals surface area (Å²) in [6, 6.07) is 0. The molecule has 1 heteroatoms. The molecule has 0 unspecified atom stereocenters. The molecule has 1 rings (SSSR count). The van der Waals surface area contributed by atoms with E-state index in [1.54, 1.807) is 0 Å². The van der Waals surface area contributed by atoms with Crippen molar-refractivity contribution in [2.24, 2.45) is 5.41 Å². The third kappa shape index (κ3) is 5.42. The first-order chi connectivity index (χ1) is 8.95. The second-order valence-electron chi connectivity index (χ2n) is 6.24. The highest BCUT2D eigenvalue weighted by Crippen LogP contribution is 2.29. The van der Waals surface area contributed by atoms with Gasteiger partial charge in [-0.25, -0.2) is 0 Å². The van der Waals surface area contributed by atoms with Gasteiger partial charge >= 0.3 is 0 Å². The van der Waals surface area contributed by atoms with E-state index in [2.05, 4.69) is 39.8 Å². The molecule has 104 valence electrons. The van der Waals surface area contributed by atoms with E-state index in [4.69, 9.17) is 0 Å². The lowest BCUT2D eigenvalue weighted by atomic mass is 9.84. The van der Waals surface area contributed by atoms with Crippen LogP contribution in [0, 0.1) is 5.41 Å². The van der Waals surface area contributed by atoms with Gasteiger partial charge in [-0.05, 0) is 55.2 Å². The molecule has 0 atom stereocenters. The smallest absolute Gasteiger partial charge is 0.142 e. The first-order valence-electron chi connectivity index (χ1n) is 7.14. The molecular weight excluding hydrogens is 232 g/mol. The van der Waals surface area contributed by atoms with Crippen molar-refractivity contribution in [2.75, 3.05) is 0 Å². The van der Waals surface area contributed by atoms with E-state index >= 15 is 0 Å². The normalized spacial score (nSPS) is 18.6. The summed E-state index contributed by atoms with van der Waals surface area (Å²) < 4.78 is 0. The average Bonchev–Trinajstić information content (AvgIpc) is 2.34. The summed E-state index contributed by atoms with van der Waals surface area (Å²) in [5, 5.41) is 0. The summed E-state index contributed by atoms with van der Waals surface area (Å²) >= 11 is 0. The third-order valence-corrected chi connectivity index (χ3v) is 3.59. The van der Waals surface area contributed by atoms with Gasteiger partial charge in [0.1, 0.15) is 6.29 Å². The topological polar surface area (TPSA) is 17.1 Å². The van der Waals surface area contributed by atoms with Crippen LogP contribution in [0.3, 0.4) is 0 Å². The van der Waals surface area contributed by atoms with Crippen molar-refractivity contribution in [1.29, 1.82) is 0 Å². The maximum Gasteiger partial charge on any atom is 0.142 e. The SMILES string of the molecule is CC1=C(C=CC(=CC=CC=O)C(C)(C)C)CCCC1. The minimum Gasteiger partial charge on any atom is -0.299 e. The maximum absolute atomic E-state index is 10.3. The Bertz CT molecular complexity index is 425. The molecule has 0 saturated carbocycles. The molecule has 0 spiro atoms. The highest BCUT2D eigenvalue weighted by Gasteiger charge is 2.14. The van der Waals surface area contributed by atoms with Crippen LogP contribution >= 0.6 is 0 Å². The number of hydrogen-bond acceptors (Lipinski definition) is 1. The Labute approximate surface area is 117 Å². The molecule has 19 heavy (non-hydrogen) atoms. The first kappa shape index (κ1) is 15.7. The molecule has 0 radical (unpaired) electrons. The van der Waals surface area contributed by atoms with Crippen molar-refractivity contribution in [3.8, 4) is 0 Å². The highest BCUT2D eigenvalue weighted by molar-refractivity contribution is 5.65. The Morgan fingerprint density at radius 3 is 2.37 bits per heavy atom. The van der Waals surface area contributed by atoms with Gasteiger partial charge in [0.2, 0.25) is 0 Å². The van der Waals surface area contributed by atoms with Crippen LogP contribution < -0.4 is 0 Å². The summed E-state index contributed by atoms with van der Waals surface area (Å²) in [7, 11) is 0. The zero-order chi connectivity index (χ0) is 14.3. The van der Waals surface area contributed by atoms with E-state index in [1.165, 1.54) is 48.5 Å². The predicted molar refractivity (Wildman–Crippen MR) is 83.1 cm³/mol. The van der Waals surface area contributed by atoms with Crippen LogP contribution in [0.5, 0.6) is 0 Å². The van der Waals surface area contributed by atoms with Crippen LogP contribution in [0.4, 0.5) is 0 Å². The van der Waals surface area contributed by atoms with Gasteiger partial charge in [0, 0.05) is 0 Å². The number of carbonyl (C=O) groups is 1. The average molecular weight is 258 g/mol. The van der Waals surface area contributed by atoms with E-state index in [9.17, 15) is 4.79 Å². The molecule has 1 aliphatic rings. The quantitative estimate of drug-likeness (QED) is 0.386. The predicted octanol–water partition coefficient (Wildman–Crippen LogP) is 5.16. The summed E-state index contributed by atoms with van der Waals surface area (Å²) in [6.07, 6.45) is 15.7. The lowest BCUT2D eigenvalue weighted by molar-refractivity contribution is -0.104. The summed E-state index contributed by atoms with van der Waals surface area (Å²) in [6.45, 7) is 8.83. The molecule has 0 saturated heterocycles. The minimum absolute atomic E-state index is 0.0901. The molecular formula is C18H26O. The van der Waals surface area contributed by atoms with E-state index in [0.717, 1.165) is 6.29 Å². The van der Waals surface area contributed by atoms with Crippen molar-refractivity contribution >= 4 is 6.29 Å². The lowest BCUT2D eigenvalue weighted by Gasteiger charge is -2.21. The van der Waals surface area contributed by atoms with Crippen LogP contribution in [0.2, 0.25) is 0 Å². The molecule has 0 N–H and O–H groups in total. The van der Waals surface area contributed by atoms with Crippen molar-refractivity contribution in [2.45, 2.75) is 53.4 Å². The molecule has 0 amide bonds. The van der Waals surface area contributed by atoms with Crippen LogP contribution in [-0.2, 0) is 4.79 Å². The van der Waals surface area contributed by atoms with Gasteiger partial charge in [-0.1, -0.05) is 50.6 Å². The van der Waals surface area contributed by atoms with Gasteiger partial charge < -0.3 is 0 Å². The monoisotopic (exact) mass is 258 g/mol. The van der Waals surface area contributed by atoms with Gasteiger partial charge in [-0.3, -0.25) is 4.79 Å². The molecule has 1 nitrogen and oxygen atoms in total. The van der Waals surface area contributed by atoms with Gasteiger partial charge in [-0.2, -0.15) is 0 Å². The first-order valence-corrected chi connectivity index (χ1v) is 7.14. The fraction of sp³-hybridized carbons (Fsp3) is 0.500. The van der Waals surface area contributed by atoms with E-state index in [1.807, 2.05) is 12.2 Å². The fourth-order valence-corrected chi connectivity index (χ4v) is 2.26. The molecule has 0 heterocycles.